The molecule has 0 aliphatic carbocycles. The highest BCUT2D eigenvalue weighted by Crippen LogP contribution is 2.23. The van der Waals surface area contributed by atoms with Gasteiger partial charge in [-0.15, -0.1) is 0 Å². The van der Waals surface area contributed by atoms with Crippen LogP contribution >= 0.6 is 0 Å². The lowest BCUT2D eigenvalue weighted by molar-refractivity contribution is 0.194. The van der Waals surface area contributed by atoms with Crippen LogP contribution in [0, 0.1) is 6.92 Å². The Morgan fingerprint density at radius 3 is 2.89 bits per heavy atom. The van der Waals surface area contributed by atoms with Crippen molar-refractivity contribution < 1.29 is 9.90 Å². The minimum Gasteiger partial charge on any atom is -0.465 e. The summed E-state index contributed by atoms with van der Waals surface area (Å²) < 4.78 is 0. The molecule has 1 aromatic heterocycles. The smallest absolute Gasteiger partial charge is 0.404 e. The zero-order valence-corrected chi connectivity index (χ0v) is 11.0. The molecule has 19 heavy (non-hydrogen) atoms. The van der Waals surface area contributed by atoms with E-state index in [1.54, 1.807) is 0 Å². The van der Waals surface area contributed by atoms with E-state index in [4.69, 9.17) is 5.11 Å². The van der Waals surface area contributed by atoms with Crippen LogP contribution in [0.15, 0.2) is 30.3 Å². The minimum atomic E-state index is -1.01. The average molecular weight is 259 g/mol. The molecule has 1 atom stereocenters. The Kier molecular flexibility index (Phi) is 3.85. The van der Waals surface area contributed by atoms with Gasteiger partial charge in [0.1, 0.15) is 0 Å². The molecule has 0 aliphatic rings. The molecule has 1 unspecified atom stereocenters. The topological polar surface area (TPSA) is 74.2 Å². The van der Waals surface area contributed by atoms with E-state index in [-0.39, 0.29) is 6.04 Å². The summed E-state index contributed by atoms with van der Waals surface area (Å²) in [4.78, 5) is 14.9. The van der Waals surface area contributed by atoms with E-state index >= 15 is 0 Å². The molecule has 1 aromatic carbocycles. The number of anilines is 1. The largest absolute Gasteiger partial charge is 0.465 e. The van der Waals surface area contributed by atoms with E-state index in [2.05, 4.69) is 15.6 Å². The first-order chi connectivity index (χ1) is 9.06. The number of nitrogens with zero attached hydrogens (tertiary/aromatic N) is 1. The van der Waals surface area contributed by atoms with Crippen LogP contribution in [0.4, 0.5) is 10.5 Å². The van der Waals surface area contributed by atoms with Gasteiger partial charge in [-0.2, -0.15) is 0 Å². The van der Waals surface area contributed by atoms with Gasteiger partial charge < -0.3 is 15.7 Å². The normalized spacial score (nSPS) is 12.1. The molecule has 5 heteroatoms. The molecule has 5 nitrogen and oxygen atoms in total. The third-order valence-corrected chi connectivity index (χ3v) is 2.81. The number of amides is 1. The number of hydrogen-bond donors (Lipinski definition) is 3. The minimum absolute atomic E-state index is 0.00121. The number of fused-ring (bicyclic) bond motifs is 1. The monoisotopic (exact) mass is 259 g/mol. The van der Waals surface area contributed by atoms with E-state index in [9.17, 15) is 4.79 Å². The number of aromatic nitrogens is 1. The molecule has 1 heterocycles. The molecule has 0 spiro atoms. The summed E-state index contributed by atoms with van der Waals surface area (Å²) in [6, 6.07) is 9.86. The van der Waals surface area contributed by atoms with Crippen molar-refractivity contribution in [2.24, 2.45) is 0 Å². The first-order valence-electron chi connectivity index (χ1n) is 6.16. The van der Waals surface area contributed by atoms with Gasteiger partial charge in [-0.3, -0.25) is 4.98 Å². The molecule has 2 aromatic rings. The Morgan fingerprint density at radius 2 is 2.16 bits per heavy atom. The van der Waals surface area contributed by atoms with Crippen molar-refractivity contribution in [3.05, 3.63) is 36.0 Å². The predicted octanol–water partition coefficient (Wildman–Crippen LogP) is 2.61. The SMILES string of the molecule is Cc1cc(NC(C)CNC(=O)O)c2ccccc2n1. The van der Waals surface area contributed by atoms with Crippen molar-refractivity contribution in [3.63, 3.8) is 0 Å². The van der Waals surface area contributed by atoms with Crippen LogP contribution in [0.5, 0.6) is 0 Å². The second-order valence-corrected chi connectivity index (χ2v) is 4.56. The number of carbonyl (C=O) groups is 1. The van der Waals surface area contributed by atoms with Gasteiger partial charge >= 0.3 is 6.09 Å². The van der Waals surface area contributed by atoms with Gasteiger partial charge in [0.05, 0.1) is 5.52 Å². The first kappa shape index (κ1) is 13.1. The van der Waals surface area contributed by atoms with Crippen LogP contribution in [-0.4, -0.2) is 28.8 Å². The molecular weight excluding hydrogens is 242 g/mol. The molecule has 0 saturated heterocycles. The van der Waals surface area contributed by atoms with E-state index in [1.165, 1.54) is 0 Å². The van der Waals surface area contributed by atoms with Crippen molar-refractivity contribution in [1.29, 1.82) is 0 Å². The third kappa shape index (κ3) is 3.34. The van der Waals surface area contributed by atoms with Gasteiger partial charge in [0.2, 0.25) is 0 Å². The fraction of sp³-hybridized carbons (Fsp3) is 0.286. The molecular formula is C14H17N3O2. The molecule has 2 rings (SSSR count). The third-order valence-electron chi connectivity index (χ3n) is 2.81. The predicted molar refractivity (Wildman–Crippen MR) is 75.6 cm³/mol. The Balaban J connectivity index is 2.22. The second-order valence-electron chi connectivity index (χ2n) is 4.56. The fourth-order valence-electron chi connectivity index (χ4n) is 1.98. The lowest BCUT2D eigenvalue weighted by atomic mass is 10.1. The average Bonchev–Trinajstić information content (AvgIpc) is 2.36. The summed E-state index contributed by atoms with van der Waals surface area (Å²) in [6.07, 6.45) is -1.01. The van der Waals surface area contributed by atoms with E-state index < -0.39 is 6.09 Å². The van der Waals surface area contributed by atoms with Gasteiger partial charge in [0, 0.05) is 29.4 Å². The maximum Gasteiger partial charge on any atom is 0.404 e. The van der Waals surface area contributed by atoms with Crippen molar-refractivity contribution in [3.8, 4) is 0 Å². The Hall–Kier alpha value is -2.30. The number of benzene rings is 1. The summed E-state index contributed by atoms with van der Waals surface area (Å²) in [5.74, 6) is 0. The van der Waals surface area contributed by atoms with Crippen molar-refractivity contribution in [2.75, 3.05) is 11.9 Å². The summed E-state index contributed by atoms with van der Waals surface area (Å²) in [7, 11) is 0. The Bertz CT molecular complexity index is 598. The van der Waals surface area contributed by atoms with Crippen molar-refractivity contribution >= 4 is 22.7 Å². The van der Waals surface area contributed by atoms with Crippen LogP contribution in [0.3, 0.4) is 0 Å². The van der Waals surface area contributed by atoms with Gasteiger partial charge in [0.15, 0.2) is 0 Å². The highest BCUT2D eigenvalue weighted by atomic mass is 16.4. The van der Waals surface area contributed by atoms with E-state index in [0.717, 1.165) is 22.3 Å². The number of rotatable bonds is 4. The van der Waals surface area contributed by atoms with Gasteiger partial charge in [0.25, 0.3) is 0 Å². The molecule has 3 N–H and O–H groups in total. The van der Waals surface area contributed by atoms with Crippen molar-refractivity contribution in [2.45, 2.75) is 19.9 Å². The number of carboxylic acid groups (broad SMARTS) is 1. The number of hydrogen-bond acceptors (Lipinski definition) is 3. The fourth-order valence-corrected chi connectivity index (χ4v) is 1.98. The van der Waals surface area contributed by atoms with Crippen LogP contribution in [0.1, 0.15) is 12.6 Å². The van der Waals surface area contributed by atoms with Crippen LogP contribution in [0.2, 0.25) is 0 Å². The maximum absolute atomic E-state index is 10.5. The van der Waals surface area contributed by atoms with Crippen molar-refractivity contribution in [1.82, 2.24) is 10.3 Å². The van der Waals surface area contributed by atoms with Crippen LogP contribution in [0.25, 0.3) is 10.9 Å². The molecule has 0 aliphatic heterocycles. The standard InChI is InChI=1S/C14H17N3O2/c1-9-7-13(17-10(2)8-15-14(18)19)11-5-3-4-6-12(11)16-9/h3-7,10,15H,8H2,1-2H3,(H,16,17)(H,18,19). The number of nitrogens with one attached hydrogen (secondary N) is 2. The zero-order valence-electron chi connectivity index (χ0n) is 11.0. The number of pyridine rings is 1. The molecule has 1 amide bonds. The summed E-state index contributed by atoms with van der Waals surface area (Å²) >= 11 is 0. The summed E-state index contributed by atoms with van der Waals surface area (Å²) in [6.45, 7) is 4.23. The quantitative estimate of drug-likeness (QED) is 0.789. The van der Waals surface area contributed by atoms with Gasteiger partial charge in [-0.1, -0.05) is 18.2 Å². The number of aryl methyl sites for hydroxylation is 1. The van der Waals surface area contributed by atoms with Gasteiger partial charge in [-0.25, -0.2) is 4.79 Å². The summed E-state index contributed by atoms with van der Waals surface area (Å²) in [5, 5.41) is 15.3. The first-order valence-corrected chi connectivity index (χ1v) is 6.16. The van der Waals surface area contributed by atoms with Crippen LogP contribution in [-0.2, 0) is 0 Å². The zero-order chi connectivity index (χ0) is 13.8. The lowest BCUT2D eigenvalue weighted by Gasteiger charge is -2.17. The van der Waals surface area contributed by atoms with Crippen LogP contribution < -0.4 is 10.6 Å². The lowest BCUT2D eigenvalue weighted by Crippen LogP contribution is -2.33. The number of para-hydroxylation sites is 1. The second kappa shape index (κ2) is 5.56. The molecule has 0 bridgehead atoms. The Morgan fingerprint density at radius 1 is 1.42 bits per heavy atom. The van der Waals surface area contributed by atoms with E-state index in [0.29, 0.717) is 6.54 Å². The summed E-state index contributed by atoms with van der Waals surface area (Å²) in [5.41, 5.74) is 2.84. The molecule has 0 radical (unpaired) electrons. The maximum atomic E-state index is 10.5. The van der Waals surface area contributed by atoms with E-state index in [1.807, 2.05) is 44.2 Å². The highest BCUT2D eigenvalue weighted by Gasteiger charge is 2.08. The molecule has 0 saturated carbocycles. The molecule has 100 valence electrons. The highest BCUT2D eigenvalue weighted by molar-refractivity contribution is 5.91. The Labute approximate surface area is 111 Å². The van der Waals surface area contributed by atoms with Gasteiger partial charge in [-0.05, 0) is 26.0 Å². The molecule has 0 fully saturated rings.